The lowest BCUT2D eigenvalue weighted by Gasteiger charge is -2.02. The summed E-state index contributed by atoms with van der Waals surface area (Å²) in [6.07, 6.45) is 0. The molecule has 4 aromatic rings. The molecule has 0 radical (unpaired) electrons. The molecule has 0 bridgehead atoms. The maximum Gasteiger partial charge on any atom is 0.311 e. The van der Waals surface area contributed by atoms with E-state index in [4.69, 9.17) is 9.15 Å². The van der Waals surface area contributed by atoms with Gasteiger partial charge in [-0.3, -0.25) is 10.1 Å². The predicted molar refractivity (Wildman–Crippen MR) is 113 cm³/mol. The molecule has 1 aromatic heterocycles. The summed E-state index contributed by atoms with van der Waals surface area (Å²) >= 11 is 0. The van der Waals surface area contributed by atoms with Gasteiger partial charge in [-0.15, -0.1) is 0 Å². The van der Waals surface area contributed by atoms with E-state index in [0.717, 1.165) is 11.1 Å². The number of hydrogen-bond donors (Lipinski definition) is 1. The summed E-state index contributed by atoms with van der Waals surface area (Å²) in [4.78, 5) is 15.2. The summed E-state index contributed by atoms with van der Waals surface area (Å²) < 4.78 is 10.8. The zero-order valence-corrected chi connectivity index (χ0v) is 16.4. The van der Waals surface area contributed by atoms with Crippen LogP contribution in [0.2, 0.25) is 0 Å². The Bertz CT molecular complexity index is 1120. The standard InChI is InChI=1S/C20H14N2O4.C2H7N/c1-25-19-10-8-15(12-17(19)22(23)24)20-21-16-11-14(7-9-18(16)26-20)13-5-3-2-4-6-13;1-3-2/h2-12H,1H3;3H,1-2H3. The Morgan fingerprint density at radius 1 is 0.966 bits per heavy atom. The number of rotatable bonds is 4. The molecule has 0 atom stereocenters. The van der Waals surface area contributed by atoms with Crippen molar-refractivity contribution in [3.63, 3.8) is 0 Å². The number of nitro benzene ring substituents is 1. The van der Waals surface area contributed by atoms with Crippen molar-refractivity contribution in [2.75, 3.05) is 21.2 Å². The third-order valence-corrected chi connectivity index (χ3v) is 4.12. The smallest absolute Gasteiger partial charge is 0.311 e. The van der Waals surface area contributed by atoms with E-state index in [-0.39, 0.29) is 11.4 Å². The molecule has 4 rings (SSSR count). The molecule has 0 aliphatic rings. The molecule has 0 spiro atoms. The number of benzene rings is 3. The van der Waals surface area contributed by atoms with Crippen LogP contribution >= 0.6 is 0 Å². The second-order valence-electron chi connectivity index (χ2n) is 6.21. The lowest BCUT2D eigenvalue weighted by Crippen LogP contribution is -1.94. The van der Waals surface area contributed by atoms with Crippen LogP contribution in [0.15, 0.2) is 71.1 Å². The van der Waals surface area contributed by atoms with Crippen LogP contribution in [-0.2, 0) is 0 Å². The van der Waals surface area contributed by atoms with Crippen molar-refractivity contribution in [3.05, 3.63) is 76.8 Å². The molecule has 29 heavy (non-hydrogen) atoms. The molecule has 3 aromatic carbocycles. The minimum absolute atomic E-state index is 0.128. The van der Waals surface area contributed by atoms with E-state index in [1.165, 1.54) is 19.2 Å². The van der Waals surface area contributed by atoms with Gasteiger partial charge >= 0.3 is 5.69 Å². The Balaban J connectivity index is 0.000000755. The molecule has 0 aliphatic heterocycles. The van der Waals surface area contributed by atoms with Gasteiger partial charge in [0, 0.05) is 11.6 Å². The molecule has 7 heteroatoms. The minimum atomic E-state index is -0.488. The number of nitrogens with one attached hydrogen (secondary N) is 1. The fraction of sp³-hybridized carbons (Fsp3) is 0.136. The highest BCUT2D eigenvalue weighted by Gasteiger charge is 2.18. The van der Waals surface area contributed by atoms with E-state index in [1.54, 1.807) is 6.07 Å². The van der Waals surface area contributed by atoms with Crippen LogP contribution < -0.4 is 10.1 Å². The lowest BCUT2D eigenvalue weighted by molar-refractivity contribution is -0.385. The second kappa shape index (κ2) is 8.99. The van der Waals surface area contributed by atoms with Crippen molar-refractivity contribution in [2.45, 2.75) is 0 Å². The molecular formula is C22H21N3O4. The molecule has 1 N–H and O–H groups in total. The van der Waals surface area contributed by atoms with Crippen molar-refractivity contribution < 1.29 is 14.1 Å². The summed E-state index contributed by atoms with van der Waals surface area (Å²) in [5, 5.41) is 14.0. The van der Waals surface area contributed by atoms with Crippen LogP contribution in [0, 0.1) is 10.1 Å². The second-order valence-corrected chi connectivity index (χ2v) is 6.21. The van der Waals surface area contributed by atoms with E-state index in [1.807, 2.05) is 62.6 Å². The zero-order chi connectivity index (χ0) is 20.8. The number of fused-ring (bicyclic) bond motifs is 1. The average Bonchev–Trinajstić information content (AvgIpc) is 3.18. The van der Waals surface area contributed by atoms with Gasteiger partial charge in [0.2, 0.25) is 5.89 Å². The average molecular weight is 391 g/mol. The first-order valence-electron chi connectivity index (χ1n) is 8.94. The van der Waals surface area contributed by atoms with E-state index in [9.17, 15) is 10.1 Å². The van der Waals surface area contributed by atoms with E-state index < -0.39 is 4.92 Å². The highest BCUT2D eigenvalue weighted by Crippen LogP contribution is 2.34. The maximum atomic E-state index is 11.2. The van der Waals surface area contributed by atoms with Crippen LogP contribution in [0.4, 0.5) is 5.69 Å². The third-order valence-electron chi connectivity index (χ3n) is 4.12. The Morgan fingerprint density at radius 3 is 2.31 bits per heavy atom. The minimum Gasteiger partial charge on any atom is -0.490 e. The molecule has 0 amide bonds. The van der Waals surface area contributed by atoms with Crippen LogP contribution in [0.3, 0.4) is 0 Å². The molecule has 148 valence electrons. The number of aromatic nitrogens is 1. The summed E-state index contributed by atoms with van der Waals surface area (Å²) in [5.74, 6) is 0.525. The number of ether oxygens (including phenoxy) is 1. The van der Waals surface area contributed by atoms with Crippen molar-refractivity contribution >= 4 is 16.8 Å². The van der Waals surface area contributed by atoms with Gasteiger partial charge in [-0.25, -0.2) is 4.98 Å². The molecule has 0 unspecified atom stereocenters. The number of nitro groups is 1. The van der Waals surface area contributed by atoms with Crippen molar-refractivity contribution in [1.29, 1.82) is 0 Å². The van der Waals surface area contributed by atoms with Gasteiger partial charge in [0.1, 0.15) is 5.52 Å². The Morgan fingerprint density at radius 2 is 1.66 bits per heavy atom. The van der Waals surface area contributed by atoms with Crippen LogP contribution in [-0.4, -0.2) is 31.1 Å². The van der Waals surface area contributed by atoms with Crippen molar-refractivity contribution in [1.82, 2.24) is 10.3 Å². The number of methoxy groups -OCH3 is 1. The quantitative estimate of drug-likeness (QED) is 0.392. The van der Waals surface area contributed by atoms with Gasteiger partial charge in [0.15, 0.2) is 11.3 Å². The Kier molecular flexibility index (Phi) is 6.21. The SMILES string of the molecule is CNC.COc1ccc(-c2nc3cc(-c4ccccc4)ccc3o2)cc1[N+](=O)[O-]. The van der Waals surface area contributed by atoms with Gasteiger partial charge < -0.3 is 14.5 Å². The summed E-state index contributed by atoms with van der Waals surface area (Å²) in [6.45, 7) is 0. The predicted octanol–water partition coefficient (Wildman–Crippen LogP) is 4.91. The van der Waals surface area contributed by atoms with Crippen LogP contribution in [0.1, 0.15) is 0 Å². The summed E-state index contributed by atoms with van der Waals surface area (Å²) in [7, 11) is 5.15. The molecule has 0 aliphatic carbocycles. The fourth-order valence-corrected chi connectivity index (χ4v) is 2.83. The van der Waals surface area contributed by atoms with Gasteiger partial charge in [-0.2, -0.15) is 0 Å². The normalized spacial score (nSPS) is 10.3. The lowest BCUT2D eigenvalue weighted by atomic mass is 10.1. The first kappa shape index (κ1) is 20.0. The largest absolute Gasteiger partial charge is 0.490 e. The third kappa shape index (κ3) is 4.41. The highest BCUT2D eigenvalue weighted by molar-refractivity contribution is 5.82. The molecule has 0 saturated heterocycles. The fourth-order valence-electron chi connectivity index (χ4n) is 2.83. The van der Waals surface area contributed by atoms with Crippen molar-refractivity contribution in [3.8, 4) is 28.3 Å². The number of nitrogens with zero attached hydrogens (tertiary/aromatic N) is 2. The summed E-state index contributed by atoms with van der Waals surface area (Å²) in [6, 6.07) is 20.4. The van der Waals surface area contributed by atoms with Crippen LogP contribution in [0.25, 0.3) is 33.7 Å². The molecule has 7 nitrogen and oxygen atoms in total. The summed E-state index contributed by atoms with van der Waals surface area (Å²) in [5.41, 5.74) is 3.82. The highest BCUT2D eigenvalue weighted by atomic mass is 16.6. The van der Waals surface area contributed by atoms with E-state index in [0.29, 0.717) is 22.6 Å². The van der Waals surface area contributed by atoms with E-state index >= 15 is 0 Å². The Labute approximate surface area is 168 Å². The first-order chi connectivity index (χ1) is 14.1. The monoisotopic (exact) mass is 391 g/mol. The maximum absolute atomic E-state index is 11.2. The van der Waals surface area contributed by atoms with Gasteiger partial charge in [0.25, 0.3) is 0 Å². The molecule has 1 heterocycles. The molecule has 0 fully saturated rings. The number of hydrogen-bond acceptors (Lipinski definition) is 6. The van der Waals surface area contributed by atoms with Gasteiger partial charge in [0.05, 0.1) is 12.0 Å². The van der Waals surface area contributed by atoms with Gasteiger partial charge in [-0.05, 0) is 49.5 Å². The molecular weight excluding hydrogens is 370 g/mol. The Hall–Kier alpha value is -3.71. The van der Waals surface area contributed by atoms with Crippen LogP contribution in [0.5, 0.6) is 5.75 Å². The van der Waals surface area contributed by atoms with Gasteiger partial charge in [-0.1, -0.05) is 36.4 Å². The molecule has 0 saturated carbocycles. The van der Waals surface area contributed by atoms with Crippen molar-refractivity contribution in [2.24, 2.45) is 0 Å². The topological polar surface area (TPSA) is 90.4 Å². The number of oxazole rings is 1. The first-order valence-corrected chi connectivity index (χ1v) is 8.94. The van der Waals surface area contributed by atoms with E-state index in [2.05, 4.69) is 10.3 Å². The zero-order valence-electron chi connectivity index (χ0n) is 16.4.